The molecule has 1 aromatic heterocycles. The van der Waals surface area contributed by atoms with E-state index < -0.39 is 23.7 Å². The number of rotatable bonds is 7. The Morgan fingerprint density at radius 3 is 2.48 bits per heavy atom. The zero-order chi connectivity index (χ0) is 20.2. The van der Waals surface area contributed by atoms with Gasteiger partial charge in [0.05, 0.1) is 22.5 Å². The van der Waals surface area contributed by atoms with Crippen molar-refractivity contribution in [1.82, 2.24) is 9.97 Å². The number of halogens is 5. The van der Waals surface area contributed by atoms with E-state index in [1.54, 1.807) is 0 Å². The lowest BCUT2D eigenvalue weighted by Gasteiger charge is -2.18. The van der Waals surface area contributed by atoms with Crippen LogP contribution in [0, 0.1) is 5.82 Å². The summed E-state index contributed by atoms with van der Waals surface area (Å²) in [6.07, 6.45) is 0.282. The van der Waals surface area contributed by atoms with Gasteiger partial charge in [0.25, 0.3) is 12.3 Å². The van der Waals surface area contributed by atoms with Gasteiger partial charge >= 0.3 is 6.01 Å². The van der Waals surface area contributed by atoms with Crippen LogP contribution in [0.15, 0.2) is 42.5 Å². The van der Waals surface area contributed by atoms with Crippen molar-refractivity contribution in [3.05, 3.63) is 59.4 Å². The SMILES string of the molecule is CC(F)(F)c1cc(N(N)/C=C(\N)COc2ncc(C(F)F)cn2)ccc1F. The van der Waals surface area contributed by atoms with Gasteiger partial charge in [-0.25, -0.2) is 37.8 Å². The monoisotopic (exact) mass is 389 g/mol. The van der Waals surface area contributed by atoms with Crippen LogP contribution in [0.2, 0.25) is 0 Å². The quantitative estimate of drug-likeness (QED) is 0.429. The second kappa shape index (κ2) is 8.16. The number of benzene rings is 1. The number of hydrogen-bond donors (Lipinski definition) is 2. The second-order valence-corrected chi connectivity index (χ2v) is 5.55. The summed E-state index contributed by atoms with van der Waals surface area (Å²) in [6.45, 7) is 0.313. The zero-order valence-electron chi connectivity index (χ0n) is 14.0. The number of nitrogens with two attached hydrogens (primary N) is 2. The minimum atomic E-state index is -3.39. The molecule has 0 unspecified atom stereocenters. The highest BCUT2D eigenvalue weighted by Crippen LogP contribution is 2.31. The van der Waals surface area contributed by atoms with E-state index >= 15 is 0 Å². The molecular weight excluding hydrogens is 373 g/mol. The van der Waals surface area contributed by atoms with Crippen molar-refractivity contribution in [1.29, 1.82) is 0 Å². The Morgan fingerprint density at radius 2 is 1.93 bits per heavy atom. The van der Waals surface area contributed by atoms with Crippen LogP contribution in [0.4, 0.5) is 27.6 Å². The van der Waals surface area contributed by atoms with E-state index in [4.69, 9.17) is 16.3 Å². The number of anilines is 1. The Hall–Kier alpha value is -2.95. The van der Waals surface area contributed by atoms with Gasteiger partial charge in [0.1, 0.15) is 12.4 Å². The minimum absolute atomic E-state index is 0.0492. The Morgan fingerprint density at radius 1 is 1.30 bits per heavy atom. The maximum Gasteiger partial charge on any atom is 0.316 e. The molecule has 0 amide bonds. The summed E-state index contributed by atoms with van der Waals surface area (Å²) in [5, 5.41) is 0.911. The molecule has 0 radical (unpaired) electrons. The van der Waals surface area contributed by atoms with E-state index in [0.29, 0.717) is 6.92 Å². The molecule has 1 aromatic carbocycles. The van der Waals surface area contributed by atoms with E-state index in [2.05, 4.69) is 9.97 Å². The predicted octanol–water partition coefficient (Wildman–Crippen LogP) is 3.22. The molecule has 1 heterocycles. The van der Waals surface area contributed by atoms with Crippen molar-refractivity contribution in [3.63, 3.8) is 0 Å². The Labute approximate surface area is 151 Å². The molecule has 0 aliphatic carbocycles. The standard InChI is InChI=1S/C16H16F5N5O/c1-16(20,21)12-4-11(2-3-13(12)17)26(23)7-10(22)8-27-15-24-5-9(6-25-15)14(18)19/h2-7,14H,8,22-23H2,1H3/b10-7-. The number of aromatic nitrogens is 2. The lowest BCUT2D eigenvalue weighted by Crippen LogP contribution is -2.27. The number of hydrazine groups is 1. The van der Waals surface area contributed by atoms with E-state index in [-0.39, 0.29) is 29.6 Å². The first-order valence-corrected chi connectivity index (χ1v) is 7.48. The molecule has 4 N–H and O–H groups in total. The summed E-state index contributed by atoms with van der Waals surface area (Å²) in [4.78, 5) is 7.18. The zero-order valence-corrected chi connectivity index (χ0v) is 14.0. The predicted molar refractivity (Wildman–Crippen MR) is 87.4 cm³/mol. The summed E-state index contributed by atoms with van der Waals surface area (Å²) >= 11 is 0. The molecule has 0 aliphatic rings. The molecule has 2 aromatic rings. The largest absolute Gasteiger partial charge is 0.457 e. The van der Waals surface area contributed by atoms with Gasteiger partial charge in [-0.1, -0.05) is 0 Å². The molecule has 0 spiro atoms. The van der Waals surface area contributed by atoms with Crippen LogP contribution in [-0.2, 0) is 5.92 Å². The van der Waals surface area contributed by atoms with Crippen LogP contribution in [0.25, 0.3) is 0 Å². The first kappa shape index (κ1) is 20.4. The highest BCUT2D eigenvalue weighted by Gasteiger charge is 2.28. The molecule has 0 saturated carbocycles. The highest BCUT2D eigenvalue weighted by atomic mass is 19.3. The van der Waals surface area contributed by atoms with Crippen LogP contribution in [0.1, 0.15) is 24.5 Å². The van der Waals surface area contributed by atoms with E-state index in [0.717, 1.165) is 29.5 Å². The first-order chi connectivity index (χ1) is 12.6. The molecule has 2 rings (SSSR count). The van der Waals surface area contributed by atoms with Gasteiger partial charge in [0.2, 0.25) is 0 Å². The van der Waals surface area contributed by atoms with Crippen LogP contribution in [-0.4, -0.2) is 16.6 Å². The van der Waals surface area contributed by atoms with Crippen molar-refractivity contribution in [2.75, 3.05) is 11.6 Å². The molecule has 6 nitrogen and oxygen atoms in total. The molecule has 0 atom stereocenters. The van der Waals surface area contributed by atoms with Crippen LogP contribution in [0.3, 0.4) is 0 Å². The Balaban J connectivity index is 2.05. The summed E-state index contributed by atoms with van der Waals surface area (Å²) in [5.41, 5.74) is 4.65. The lowest BCUT2D eigenvalue weighted by molar-refractivity contribution is 0.0138. The molecule has 0 fully saturated rings. The Kier molecular flexibility index (Phi) is 6.16. The highest BCUT2D eigenvalue weighted by molar-refractivity contribution is 5.51. The van der Waals surface area contributed by atoms with Gasteiger partial charge in [-0.2, -0.15) is 0 Å². The van der Waals surface area contributed by atoms with Crippen molar-refractivity contribution in [2.24, 2.45) is 11.6 Å². The average Bonchev–Trinajstić information content (AvgIpc) is 2.59. The third-order valence-corrected chi connectivity index (χ3v) is 3.29. The minimum Gasteiger partial charge on any atom is -0.457 e. The van der Waals surface area contributed by atoms with E-state index in [9.17, 15) is 22.0 Å². The smallest absolute Gasteiger partial charge is 0.316 e. The van der Waals surface area contributed by atoms with Crippen molar-refractivity contribution >= 4 is 5.69 Å². The fraction of sp³-hybridized carbons (Fsp3) is 0.250. The third kappa shape index (κ3) is 5.51. The van der Waals surface area contributed by atoms with Crippen molar-refractivity contribution < 1.29 is 26.7 Å². The average molecular weight is 389 g/mol. The fourth-order valence-electron chi connectivity index (χ4n) is 1.96. The topological polar surface area (TPSA) is 90.3 Å². The molecule has 11 heteroatoms. The summed E-state index contributed by atoms with van der Waals surface area (Å²) < 4.78 is 70.2. The van der Waals surface area contributed by atoms with Crippen molar-refractivity contribution in [2.45, 2.75) is 19.3 Å². The maximum atomic E-state index is 13.5. The third-order valence-electron chi connectivity index (χ3n) is 3.29. The molecule has 0 bridgehead atoms. The first-order valence-electron chi connectivity index (χ1n) is 7.48. The number of alkyl halides is 4. The van der Waals surface area contributed by atoms with Gasteiger partial charge in [-0.3, -0.25) is 5.01 Å². The lowest BCUT2D eigenvalue weighted by atomic mass is 10.1. The number of hydrogen-bond acceptors (Lipinski definition) is 6. The summed E-state index contributed by atoms with van der Waals surface area (Å²) in [7, 11) is 0. The van der Waals surface area contributed by atoms with Crippen LogP contribution < -0.4 is 21.3 Å². The van der Waals surface area contributed by atoms with Gasteiger partial charge in [-0.15, -0.1) is 0 Å². The fourth-order valence-corrected chi connectivity index (χ4v) is 1.96. The summed E-state index contributed by atoms with van der Waals surface area (Å²) in [5.74, 6) is 1.27. The molecule has 27 heavy (non-hydrogen) atoms. The summed E-state index contributed by atoms with van der Waals surface area (Å²) in [6, 6.07) is 2.77. The van der Waals surface area contributed by atoms with Gasteiger partial charge in [0, 0.05) is 25.5 Å². The molecule has 146 valence electrons. The molecule has 0 saturated heterocycles. The van der Waals surface area contributed by atoms with Gasteiger partial charge < -0.3 is 10.5 Å². The molecular formula is C16H16F5N5O. The second-order valence-electron chi connectivity index (χ2n) is 5.55. The maximum absolute atomic E-state index is 13.5. The van der Waals surface area contributed by atoms with E-state index in [1.165, 1.54) is 12.3 Å². The normalized spacial score (nSPS) is 12.4. The van der Waals surface area contributed by atoms with Crippen molar-refractivity contribution in [3.8, 4) is 6.01 Å². The number of ether oxygens (including phenoxy) is 1. The van der Waals surface area contributed by atoms with Crippen LogP contribution >= 0.6 is 0 Å². The van der Waals surface area contributed by atoms with Gasteiger partial charge in [0.15, 0.2) is 0 Å². The van der Waals surface area contributed by atoms with Gasteiger partial charge in [-0.05, 0) is 18.2 Å². The number of nitrogens with zero attached hydrogens (tertiary/aromatic N) is 3. The Bertz CT molecular complexity index is 808. The molecule has 0 aliphatic heterocycles. The van der Waals surface area contributed by atoms with E-state index in [1.807, 2.05) is 0 Å². The van der Waals surface area contributed by atoms with Crippen LogP contribution in [0.5, 0.6) is 6.01 Å².